The summed E-state index contributed by atoms with van der Waals surface area (Å²) in [6.45, 7) is 4.07. The van der Waals surface area contributed by atoms with E-state index in [1.54, 1.807) is 4.90 Å². The number of rotatable bonds is 8. The van der Waals surface area contributed by atoms with Gasteiger partial charge in [-0.15, -0.1) is 0 Å². The first-order chi connectivity index (χ1) is 9.15. The molecule has 1 amide bonds. The van der Waals surface area contributed by atoms with Crippen LogP contribution >= 0.6 is 0 Å². The van der Waals surface area contributed by atoms with Crippen molar-refractivity contribution in [2.24, 2.45) is 5.92 Å². The van der Waals surface area contributed by atoms with Crippen molar-refractivity contribution in [1.82, 2.24) is 10.2 Å². The number of carbonyl (C=O) groups excluding carboxylic acids is 1. The molecule has 106 valence electrons. The van der Waals surface area contributed by atoms with Crippen LogP contribution in [0.2, 0.25) is 0 Å². The second-order valence-corrected chi connectivity index (χ2v) is 4.71. The van der Waals surface area contributed by atoms with Gasteiger partial charge in [0.2, 0.25) is 5.91 Å². The zero-order valence-electron chi connectivity index (χ0n) is 12.1. The third-order valence-corrected chi connectivity index (χ3v) is 3.06. The summed E-state index contributed by atoms with van der Waals surface area (Å²) in [5.41, 5.74) is 0. The van der Waals surface area contributed by atoms with Gasteiger partial charge in [-0.2, -0.15) is 0 Å². The largest absolute Gasteiger partial charge is 0.494 e. The number of nitrogens with zero attached hydrogens (tertiary/aromatic N) is 1. The molecule has 0 spiro atoms. The van der Waals surface area contributed by atoms with Gasteiger partial charge in [0.15, 0.2) is 0 Å². The lowest BCUT2D eigenvalue weighted by Crippen LogP contribution is -2.36. The predicted molar refractivity (Wildman–Crippen MR) is 77.3 cm³/mol. The molecule has 4 nitrogen and oxygen atoms in total. The molecule has 19 heavy (non-hydrogen) atoms. The monoisotopic (exact) mass is 264 g/mol. The van der Waals surface area contributed by atoms with E-state index in [4.69, 9.17) is 4.74 Å². The van der Waals surface area contributed by atoms with Gasteiger partial charge >= 0.3 is 0 Å². The number of hydrogen-bond acceptors (Lipinski definition) is 3. The molecule has 1 aromatic carbocycles. The zero-order chi connectivity index (χ0) is 14.1. The molecule has 1 N–H and O–H groups in total. The van der Waals surface area contributed by atoms with Crippen molar-refractivity contribution in [2.45, 2.75) is 13.3 Å². The summed E-state index contributed by atoms with van der Waals surface area (Å²) in [7, 11) is 3.73. The van der Waals surface area contributed by atoms with Crippen LogP contribution in [0, 0.1) is 5.92 Å². The van der Waals surface area contributed by atoms with Gasteiger partial charge in [-0.25, -0.2) is 0 Å². The lowest BCUT2D eigenvalue weighted by molar-refractivity contribution is -0.134. The Kier molecular flexibility index (Phi) is 6.97. The lowest BCUT2D eigenvalue weighted by Gasteiger charge is -2.21. The summed E-state index contributed by atoms with van der Waals surface area (Å²) >= 11 is 0. The van der Waals surface area contributed by atoms with Gasteiger partial charge in [-0.3, -0.25) is 4.79 Å². The van der Waals surface area contributed by atoms with Gasteiger partial charge < -0.3 is 15.0 Å². The summed E-state index contributed by atoms with van der Waals surface area (Å²) in [4.78, 5) is 13.8. The average molecular weight is 264 g/mol. The fourth-order valence-corrected chi connectivity index (χ4v) is 1.76. The van der Waals surface area contributed by atoms with Crippen LogP contribution in [0.15, 0.2) is 30.3 Å². The molecule has 0 aliphatic heterocycles. The van der Waals surface area contributed by atoms with Gasteiger partial charge in [0.1, 0.15) is 5.75 Å². The Morgan fingerprint density at radius 1 is 1.37 bits per heavy atom. The maximum Gasteiger partial charge on any atom is 0.225 e. The number of nitrogens with one attached hydrogen (secondary N) is 1. The van der Waals surface area contributed by atoms with Crippen molar-refractivity contribution in [3.63, 3.8) is 0 Å². The summed E-state index contributed by atoms with van der Waals surface area (Å²) in [5, 5.41) is 3.04. The molecule has 0 aliphatic carbocycles. The zero-order valence-corrected chi connectivity index (χ0v) is 12.1. The van der Waals surface area contributed by atoms with E-state index in [-0.39, 0.29) is 11.8 Å². The molecule has 0 bridgehead atoms. The minimum Gasteiger partial charge on any atom is -0.494 e. The first-order valence-electron chi connectivity index (χ1n) is 6.72. The fourth-order valence-electron chi connectivity index (χ4n) is 1.76. The number of benzene rings is 1. The number of para-hydroxylation sites is 1. The first kappa shape index (κ1) is 15.5. The topological polar surface area (TPSA) is 41.6 Å². The second kappa shape index (κ2) is 8.53. The molecule has 0 aromatic heterocycles. The van der Waals surface area contributed by atoms with Crippen molar-refractivity contribution in [3.8, 4) is 5.75 Å². The molecule has 0 saturated heterocycles. The van der Waals surface area contributed by atoms with E-state index in [0.717, 1.165) is 25.3 Å². The van der Waals surface area contributed by atoms with E-state index in [1.165, 1.54) is 0 Å². The Morgan fingerprint density at radius 3 is 2.68 bits per heavy atom. The average Bonchev–Trinajstić information content (AvgIpc) is 2.44. The maximum absolute atomic E-state index is 12.0. The Bertz CT molecular complexity index is 368. The SMILES string of the molecule is CNCCN(C)C(=O)C(C)CCOc1ccccc1. The van der Waals surface area contributed by atoms with Crippen LogP contribution in [0.25, 0.3) is 0 Å². The smallest absolute Gasteiger partial charge is 0.225 e. The summed E-state index contributed by atoms with van der Waals surface area (Å²) in [6.07, 6.45) is 0.734. The minimum absolute atomic E-state index is 0.00873. The normalized spacial score (nSPS) is 11.9. The summed E-state index contributed by atoms with van der Waals surface area (Å²) in [5.74, 6) is 1.02. The van der Waals surface area contributed by atoms with Crippen LogP contribution < -0.4 is 10.1 Å². The molecule has 0 saturated carbocycles. The molecule has 0 heterocycles. The maximum atomic E-state index is 12.0. The van der Waals surface area contributed by atoms with Gasteiger partial charge in [-0.05, 0) is 25.6 Å². The van der Waals surface area contributed by atoms with Gasteiger partial charge in [0.05, 0.1) is 6.61 Å². The van der Waals surface area contributed by atoms with Crippen molar-refractivity contribution in [3.05, 3.63) is 30.3 Å². The highest BCUT2D eigenvalue weighted by atomic mass is 16.5. The standard InChI is InChI=1S/C15H24N2O2/c1-13(15(18)17(3)11-10-16-2)9-12-19-14-7-5-4-6-8-14/h4-8,13,16H,9-12H2,1-3H3. The third kappa shape index (κ3) is 5.75. The quantitative estimate of drug-likeness (QED) is 0.778. The third-order valence-electron chi connectivity index (χ3n) is 3.06. The molecule has 4 heteroatoms. The van der Waals surface area contributed by atoms with Gasteiger partial charge in [0.25, 0.3) is 0 Å². The minimum atomic E-state index is -0.00873. The van der Waals surface area contributed by atoms with E-state index in [9.17, 15) is 4.79 Å². The number of carbonyl (C=O) groups is 1. The summed E-state index contributed by atoms with van der Waals surface area (Å²) in [6, 6.07) is 9.68. The number of likely N-dealkylation sites (N-methyl/N-ethyl adjacent to an activating group) is 2. The Balaban J connectivity index is 2.26. The molecular weight excluding hydrogens is 240 g/mol. The highest BCUT2D eigenvalue weighted by molar-refractivity contribution is 5.78. The molecule has 0 fully saturated rings. The molecule has 0 radical (unpaired) electrons. The van der Waals surface area contributed by atoms with Crippen LogP contribution in [0.4, 0.5) is 0 Å². The predicted octanol–water partition coefficient (Wildman–Crippen LogP) is 1.77. The van der Waals surface area contributed by atoms with Crippen molar-refractivity contribution < 1.29 is 9.53 Å². The lowest BCUT2D eigenvalue weighted by atomic mass is 10.1. The number of amides is 1. The van der Waals surface area contributed by atoms with Crippen LogP contribution in [-0.4, -0.2) is 44.6 Å². The molecule has 1 rings (SSSR count). The van der Waals surface area contributed by atoms with Crippen LogP contribution in [0.1, 0.15) is 13.3 Å². The molecule has 1 aromatic rings. The van der Waals surface area contributed by atoms with Gasteiger partial charge in [0, 0.05) is 26.1 Å². The highest BCUT2D eigenvalue weighted by Crippen LogP contribution is 2.11. The Labute approximate surface area is 115 Å². The van der Waals surface area contributed by atoms with E-state index < -0.39 is 0 Å². The molecular formula is C15H24N2O2. The van der Waals surface area contributed by atoms with Gasteiger partial charge in [-0.1, -0.05) is 25.1 Å². The van der Waals surface area contributed by atoms with E-state index in [2.05, 4.69) is 5.32 Å². The van der Waals surface area contributed by atoms with Crippen LogP contribution in [0.3, 0.4) is 0 Å². The van der Waals surface area contributed by atoms with Crippen LogP contribution in [-0.2, 0) is 4.79 Å². The van der Waals surface area contributed by atoms with Crippen LogP contribution in [0.5, 0.6) is 5.75 Å². The number of ether oxygens (including phenoxy) is 1. The molecule has 0 aliphatic rings. The number of hydrogen-bond donors (Lipinski definition) is 1. The Hall–Kier alpha value is -1.55. The van der Waals surface area contributed by atoms with E-state index in [0.29, 0.717) is 6.61 Å². The van der Waals surface area contributed by atoms with E-state index >= 15 is 0 Å². The van der Waals surface area contributed by atoms with Crippen molar-refractivity contribution in [1.29, 1.82) is 0 Å². The first-order valence-corrected chi connectivity index (χ1v) is 6.72. The highest BCUT2D eigenvalue weighted by Gasteiger charge is 2.16. The fraction of sp³-hybridized carbons (Fsp3) is 0.533. The van der Waals surface area contributed by atoms with E-state index in [1.807, 2.05) is 51.4 Å². The molecule has 1 atom stereocenters. The van der Waals surface area contributed by atoms with Crippen molar-refractivity contribution in [2.75, 3.05) is 33.8 Å². The van der Waals surface area contributed by atoms with Crippen molar-refractivity contribution >= 4 is 5.91 Å². The molecule has 1 unspecified atom stereocenters. The Morgan fingerprint density at radius 2 is 2.05 bits per heavy atom. The second-order valence-electron chi connectivity index (χ2n) is 4.71. The summed E-state index contributed by atoms with van der Waals surface area (Å²) < 4.78 is 5.60.